The molecule has 6 heteroatoms. The fraction of sp³-hybridized carbons (Fsp3) is 0.312. The highest BCUT2D eigenvalue weighted by Crippen LogP contribution is 2.22. The molecule has 0 radical (unpaired) electrons. The topological polar surface area (TPSA) is 64.9 Å². The van der Waals surface area contributed by atoms with Gasteiger partial charge in [0, 0.05) is 18.2 Å². The van der Waals surface area contributed by atoms with Crippen molar-refractivity contribution in [2.45, 2.75) is 25.5 Å². The second-order valence-corrected chi connectivity index (χ2v) is 5.45. The highest BCUT2D eigenvalue weighted by atomic mass is 16.5. The summed E-state index contributed by atoms with van der Waals surface area (Å²) in [5, 5.41) is 8.70. The quantitative estimate of drug-likeness (QED) is 0.801. The van der Waals surface area contributed by atoms with Gasteiger partial charge in [-0.3, -0.25) is 4.68 Å². The predicted molar refractivity (Wildman–Crippen MR) is 84.0 cm³/mol. The molecule has 0 amide bonds. The molecule has 0 unspecified atom stereocenters. The molecule has 1 N–H and O–H groups in total. The Kier molecular flexibility index (Phi) is 3.44. The minimum Gasteiger partial charge on any atom is -0.376 e. The van der Waals surface area contributed by atoms with Gasteiger partial charge < -0.3 is 10.1 Å². The predicted octanol–water partition coefficient (Wildman–Crippen LogP) is 2.75. The van der Waals surface area contributed by atoms with Gasteiger partial charge in [0.1, 0.15) is 12.1 Å². The maximum atomic E-state index is 5.64. The first-order chi connectivity index (χ1) is 10.9. The number of rotatable bonds is 4. The normalized spacial score (nSPS) is 17.9. The standard InChI is InChI=1S/C16H17N5O/c1-2-6-15-14(5-1)16(18-11-17-15)20-12-8-19-21(9-12)10-13-4-3-7-22-13/h1-2,5-6,8-9,11,13H,3-4,7,10H2,(H,17,18,20)/t13-/m1/s1. The second kappa shape index (κ2) is 5.73. The fourth-order valence-corrected chi connectivity index (χ4v) is 2.77. The number of fused-ring (bicyclic) bond motifs is 1. The Morgan fingerprint density at radius 1 is 1.27 bits per heavy atom. The summed E-state index contributed by atoms with van der Waals surface area (Å²) in [6, 6.07) is 7.94. The Bertz CT molecular complexity index is 774. The average Bonchev–Trinajstić information content (AvgIpc) is 3.20. The van der Waals surface area contributed by atoms with Crippen molar-refractivity contribution < 1.29 is 4.74 Å². The van der Waals surface area contributed by atoms with E-state index in [-0.39, 0.29) is 6.10 Å². The molecule has 0 bridgehead atoms. The van der Waals surface area contributed by atoms with E-state index >= 15 is 0 Å². The minimum absolute atomic E-state index is 0.285. The molecule has 1 fully saturated rings. The fourth-order valence-electron chi connectivity index (χ4n) is 2.77. The van der Waals surface area contributed by atoms with Crippen molar-refractivity contribution in [3.63, 3.8) is 0 Å². The maximum Gasteiger partial charge on any atom is 0.141 e. The third kappa shape index (κ3) is 2.65. The molecule has 3 heterocycles. The van der Waals surface area contributed by atoms with Crippen molar-refractivity contribution in [2.24, 2.45) is 0 Å². The molecule has 22 heavy (non-hydrogen) atoms. The molecule has 1 aromatic carbocycles. The average molecular weight is 295 g/mol. The second-order valence-electron chi connectivity index (χ2n) is 5.45. The molecule has 1 aliphatic heterocycles. The van der Waals surface area contributed by atoms with E-state index in [1.165, 1.54) is 0 Å². The molecule has 1 atom stereocenters. The summed E-state index contributed by atoms with van der Waals surface area (Å²) in [7, 11) is 0. The molecule has 6 nitrogen and oxygen atoms in total. The number of para-hydroxylation sites is 1. The molecule has 0 aliphatic carbocycles. The zero-order valence-corrected chi connectivity index (χ0v) is 12.1. The lowest BCUT2D eigenvalue weighted by Crippen LogP contribution is -2.15. The van der Waals surface area contributed by atoms with Crippen LogP contribution in [-0.4, -0.2) is 32.5 Å². The van der Waals surface area contributed by atoms with Crippen LogP contribution < -0.4 is 5.32 Å². The SMILES string of the molecule is c1ccc2c(Nc3cnn(C[C@H]4CCCO4)c3)ncnc2c1. The summed E-state index contributed by atoms with van der Waals surface area (Å²) in [6.45, 7) is 1.66. The van der Waals surface area contributed by atoms with Gasteiger partial charge in [-0.25, -0.2) is 9.97 Å². The van der Waals surface area contributed by atoms with E-state index in [4.69, 9.17) is 4.74 Å². The van der Waals surface area contributed by atoms with Crippen molar-refractivity contribution in [3.05, 3.63) is 43.0 Å². The summed E-state index contributed by atoms with van der Waals surface area (Å²) in [5.41, 5.74) is 1.84. The Hall–Kier alpha value is -2.47. The van der Waals surface area contributed by atoms with E-state index in [1.54, 1.807) is 6.33 Å². The molecular weight excluding hydrogens is 278 g/mol. The molecule has 0 saturated carbocycles. The molecule has 1 saturated heterocycles. The molecule has 0 spiro atoms. The van der Waals surface area contributed by atoms with Gasteiger partial charge in [-0.1, -0.05) is 12.1 Å². The summed E-state index contributed by atoms with van der Waals surface area (Å²) in [5.74, 6) is 0.794. The van der Waals surface area contributed by atoms with E-state index in [2.05, 4.69) is 20.4 Å². The first kappa shape index (κ1) is 13.2. The van der Waals surface area contributed by atoms with Crippen LogP contribution in [0.5, 0.6) is 0 Å². The zero-order valence-electron chi connectivity index (χ0n) is 12.1. The molecule has 112 valence electrons. The van der Waals surface area contributed by atoms with E-state index in [0.29, 0.717) is 0 Å². The van der Waals surface area contributed by atoms with Crippen LogP contribution in [0.15, 0.2) is 43.0 Å². The molecule has 1 aliphatic rings. The van der Waals surface area contributed by atoms with Crippen molar-refractivity contribution in [2.75, 3.05) is 11.9 Å². The van der Waals surface area contributed by atoms with Gasteiger partial charge in [0.15, 0.2) is 0 Å². The lowest BCUT2D eigenvalue weighted by molar-refractivity contribution is 0.0940. The molecule has 4 rings (SSSR count). The number of aromatic nitrogens is 4. The van der Waals surface area contributed by atoms with E-state index in [9.17, 15) is 0 Å². The summed E-state index contributed by atoms with van der Waals surface area (Å²) in [6.07, 6.45) is 7.90. The van der Waals surface area contributed by atoms with E-state index in [0.717, 1.165) is 48.4 Å². The van der Waals surface area contributed by atoms with Crippen LogP contribution >= 0.6 is 0 Å². The Balaban J connectivity index is 1.54. The Morgan fingerprint density at radius 2 is 2.23 bits per heavy atom. The van der Waals surface area contributed by atoms with Crippen LogP contribution in [0.4, 0.5) is 11.5 Å². The van der Waals surface area contributed by atoms with E-state index < -0.39 is 0 Å². The number of anilines is 2. The van der Waals surface area contributed by atoms with Gasteiger partial charge in [-0.05, 0) is 25.0 Å². The van der Waals surface area contributed by atoms with Gasteiger partial charge in [-0.2, -0.15) is 5.10 Å². The number of nitrogens with one attached hydrogen (secondary N) is 1. The first-order valence-electron chi connectivity index (χ1n) is 7.49. The first-order valence-corrected chi connectivity index (χ1v) is 7.49. The summed E-state index contributed by atoms with van der Waals surface area (Å²) in [4.78, 5) is 8.60. The number of hydrogen-bond acceptors (Lipinski definition) is 5. The van der Waals surface area contributed by atoms with Gasteiger partial charge in [0.2, 0.25) is 0 Å². The largest absolute Gasteiger partial charge is 0.376 e. The van der Waals surface area contributed by atoms with Crippen LogP contribution in [0.1, 0.15) is 12.8 Å². The molecular formula is C16H17N5O. The number of benzene rings is 1. The van der Waals surface area contributed by atoms with Crippen LogP contribution in [-0.2, 0) is 11.3 Å². The molecule has 3 aromatic rings. The highest BCUT2D eigenvalue weighted by molar-refractivity contribution is 5.90. The highest BCUT2D eigenvalue weighted by Gasteiger charge is 2.16. The van der Waals surface area contributed by atoms with Crippen LogP contribution in [0, 0.1) is 0 Å². The Labute approximate surface area is 128 Å². The lowest BCUT2D eigenvalue weighted by Gasteiger charge is -2.08. The van der Waals surface area contributed by atoms with Crippen molar-refractivity contribution in [1.82, 2.24) is 19.7 Å². The summed E-state index contributed by atoms with van der Waals surface area (Å²) >= 11 is 0. The van der Waals surface area contributed by atoms with Crippen molar-refractivity contribution >= 4 is 22.4 Å². The van der Waals surface area contributed by atoms with Gasteiger partial charge >= 0.3 is 0 Å². The van der Waals surface area contributed by atoms with Gasteiger partial charge in [0.25, 0.3) is 0 Å². The Morgan fingerprint density at radius 3 is 3.14 bits per heavy atom. The third-order valence-corrected chi connectivity index (χ3v) is 3.85. The molecule has 2 aromatic heterocycles. The van der Waals surface area contributed by atoms with E-state index in [1.807, 2.05) is 41.3 Å². The smallest absolute Gasteiger partial charge is 0.141 e. The third-order valence-electron chi connectivity index (χ3n) is 3.85. The van der Waals surface area contributed by atoms with Crippen molar-refractivity contribution in [3.8, 4) is 0 Å². The number of hydrogen-bond donors (Lipinski definition) is 1. The number of ether oxygens (including phenoxy) is 1. The maximum absolute atomic E-state index is 5.64. The van der Waals surface area contributed by atoms with Gasteiger partial charge in [0.05, 0.1) is 30.0 Å². The zero-order chi connectivity index (χ0) is 14.8. The monoisotopic (exact) mass is 295 g/mol. The minimum atomic E-state index is 0.285. The number of nitrogens with zero attached hydrogens (tertiary/aromatic N) is 4. The van der Waals surface area contributed by atoms with Gasteiger partial charge in [-0.15, -0.1) is 0 Å². The van der Waals surface area contributed by atoms with Crippen LogP contribution in [0.3, 0.4) is 0 Å². The van der Waals surface area contributed by atoms with Crippen molar-refractivity contribution in [1.29, 1.82) is 0 Å². The summed E-state index contributed by atoms with van der Waals surface area (Å²) < 4.78 is 7.56. The van der Waals surface area contributed by atoms with Crippen LogP contribution in [0.25, 0.3) is 10.9 Å². The van der Waals surface area contributed by atoms with Crippen LogP contribution in [0.2, 0.25) is 0 Å². The lowest BCUT2D eigenvalue weighted by atomic mass is 10.2.